The zero-order valence-corrected chi connectivity index (χ0v) is 21.2. The molecule has 0 atom stereocenters. The molecular formula is C27H26FN5O3S. The Bertz CT molecular complexity index is 1360. The van der Waals surface area contributed by atoms with Gasteiger partial charge >= 0.3 is 5.97 Å². The van der Waals surface area contributed by atoms with E-state index in [4.69, 9.17) is 4.74 Å². The van der Waals surface area contributed by atoms with Crippen LogP contribution in [0, 0.1) is 12.7 Å². The van der Waals surface area contributed by atoms with E-state index in [-0.39, 0.29) is 17.5 Å². The number of hydrogen-bond acceptors (Lipinski definition) is 7. The summed E-state index contributed by atoms with van der Waals surface area (Å²) in [6.07, 6.45) is 0. The summed E-state index contributed by atoms with van der Waals surface area (Å²) in [5, 5.41) is 15.3. The highest BCUT2D eigenvalue weighted by Gasteiger charge is 2.16. The van der Waals surface area contributed by atoms with Gasteiger partial charge in [0.15, 0.2) is 11.0 Å². The quantitative estimate of drug-likeness (QED) is 0.219. The topological polar surface area (TPSA) is 98.1 Å². The summed E-state index contributed by atoms with van der Waals surface area (Å²) < 4.78 is 20.1. The SMILES string of the molecule is CCOC(=O)c1ccc(NC(=O)CSc2nnc(CNc3ccc(F)cc3)n2-c2ccc(C)cc2)cc1. The van der Waals surface area contributed by atoms with Crippen molar-refractivity contribution in [3.05, 3.63) is 95.6 Å². The first-order valence-corrected chi connectivity index (χ1v) is 12.6. The van der Waals surface area contributed by atoms with Crippen molar-refractivity contribution < 1.29 is 18.7 Å². The zero-order valence-electron chi connectivity index (χ0n) is 20.4. The van der Waals surface area contributed by atoms with Crippen LogP contribution >= 0.6 is 11.8 Å². The minimum atomic E-state index is -0.406. The molecule has 0 fully saturated rings. The molecule has 3 aromatic carbocycles. The van der Waals surface area contributed by atoms with Crippen molar-refractivity contribution in [2.24, 2.45) is 0 Å². The molecule has 0 aliphatic carbocycles. The average molecular weight is 520 g/mol. The predicted octanol–water partition coefficient (Wildman–Crippen LogP) is 5.23. The number of nitrogens with zero attached hydrogens (tertiary/aromatic N) is 3. The number of nitrogens with one attached hydrogen (secondary N) is 2. The third kappa shape index (κ3) is 6.95. The maximum Gasteiger partial charge on any atom is 0.338 e. The molecule has 0 bridgehead atoms. The number of aryl methyl sites for hydroxylation is 1. The van der Waals surface area contributed by atoms with Gasteiger partial charge in [-0.25, -0.2) is 9.18 Å². The molecule has 0 unspecified atom stereocenters. The van der Waals surface area contributed by atoms with E-state index in [1.807, 2.05) is 35.8 Å². The molecule has 4 aromatic rings. The van der Waals surface area contributed by atoms with Crippen LogP contribution in [0.4, 0.5) is 15.8 Å². The molecule has 0 aliphatic heterocycles. The minimum absolute atomic E-state index is 0.106. The summed E-state index contributed by atoms with van der Waals surface area (Å²) in [5.74, 6) is -0.185. The van der Waals surface area contributed by atoms with Gasteiger partial charge in [0.25, 0.3) is 0 Å². The van der Waals surface area contributed by atoms with E-state index in [1.165, 1.54) is 23.9 Å². The first kappa shape index (κ1) is 25.9. The lowest BCUT2D eigenvalue weighted by molar-refractivity contribution is -0.113. The second kappa shape index (κ2) is 12.2. The number of rotatable bonds is 10. The third-order valence-corrected chi connectivity index (χ3v) is 6.23. The molecule has 10 heteroatoms. The first-order valence-electron chi connectivity index (χ1n) is 11.6. The number of carbonyl (C=O) groups is 2. The summed E-state index contributed by atoms with van der Waals surface area (Å²) in [4.78, 5) is 24.4. The van der Waals surface area contributed by atoms with Gasteiger partial charge in [0.2, 0.25) is 5.91 Å². The Morgan fingerprint density at radius 2 is 1.62 bits per heavy atom. The van der Waals surface area contributed by atoms with Crippen LogP contribution < -0.4 is 10.6 Å². The maximum absolute atomic E-state index is 13.2. The fourth-order valence-electron chi connectivity index (χ4n) is 3.44. The highest BCUT2D eigenvalue weighted by molar-refractivity contribution is 7.99. The number of anilines is 2. The average Bonchev–Trinajstić information content (AvgIpc) is 3.31. The van der Waals surface area contributed by atoms with Gasteiger partial charge in [-0.2, -0.15) is 0 Å². The number of ether oxygens (including phenoxy) is 1. The van der Waals surface area contributed by atoms with Crippen LogP contribution in [0.2, 0.25) is 0 Å². The van der Waals surface area contributed by atoms with E-state index >= 15 is 0 Å². The molecule has 0 radical (unpaired) electrons. The van der Waals surface area contributed by atoms with Gasteiger partial charge in [-0.05, 0) is 74.5 Å². The molecule has 2 N–H and O–H groups in total. The van der Waals surface area contributed by atoms with Gasteiger partial charge < -0.3 is 15.4 Å². The van der Waals surface area contributed by atoms with E-state index in [1.54, 1.807) is 43.3 Å². The van der Waals surface area contributed by atoms with E-state index in [0.29, 0.717) is 35.4 Å². The van der Waals surface area contributed by atoms with Gasteiger partial charge in [0.05, 0.1) is 24.5 Å². The van der Waals surface area contributed by atoms with Crippen molar-refractivity contribution in [1.29, 1.82) is 0 Å². The Hall–Kier alpha value is -4.18. The summed E-state index contributed by atoms with van der Waals surface area (Å²) in [6, 6.07) is 20.5. The van der Waals surface area contributed by atoms with Crippen LogP contribution in [0.15, 0.2) is 78.0 Å². The van der Waals surface area contributed by atoms with Crippen LogP contribution in [-0.4, -0.2) is 39.0 Å². The summed E-state index contributed by atoms with van der Waals surface area (Å²) in [6.45, 7) is 4.40. The largest absolute Gasteiger partial charge is 0.462 e. The van der Waals surface area contributed by atoms with Gasteiger partial charge in [-0.3, -0.25) is 9.36 Å². The molecule has 190 valence electrons. The van der Waals surface area contributed by atoms with Crippen molar-refractivity contribution in [3.8, 4) is 5.69 Å². The van der Waals surface area contributed by atoms with Crippen LogP contribution in [0.3, 0.4) is 0 Å². The van der Waals surface area contributed by atoms with Gasteiger partial charge in [-0.15, -0.1) is 10.2 Å². The standard InChI is InChI=1S/C27H26FN5O3S/c1-3-36-26(35)19-6-10-22(11-7-19)30-25(34)17-37-27-32-31-24(16-29-21-12-8-20(28)9-13-21)33(27)23-14-4-18(2)5-15-23/h4-15,29H,3,16-17H2,1-2H3,(H,30,34). The Morgan fingerprint density at radius 1 is 0.946 bits per heavy atom. The van der Waals surface area contributed by atoms with Crippen molar-refractivity contribution in [2.75, 3.05) is 23.0 Å². The lowest BCUT2D eigenvalue weighted by Gasteiger charge is -2.12. The van der Waals surface area contributed by atoms with E-state index in [9.17, 15) is 14.0 Å². The number of amides is 1. The van der Waals surface area contributed by atoms with Crippen LogP contribution in [0.1, 0.15) is 28.7 Å². The number of halogens is 1. The smallest absolute Gasteiger partial charge is 0.338 e. The zero-order chi connectivity index (χ0) is 26.2. The summed E-state index contributed by atoms with van der Waals surface area (Å²) in [5.41, 5.74) is 3.72. The fourth-order valence-corrected chi connectivity index (χ4v) is 4.21. The highest BCUT2D eigenvalue weighted by atomic mass is 32.2. The fraction of sp³-hybridized carbons (Fsp3) is 0.185. The molecule has 1 amide bonds. The molecule has 0 aliphatic rings. The van der Waals surface area contributed by atoms with Crippen LogP contribution in [-0.2, 0) is 16.1 Å². The lowest BCUT2D eigenvalue weighted by Crippen LogP contribution is -2.15. The number of thioether (sulfide) groups is 1. The van der Waals surface area contributed by atoms with E-state index in [2.05, 4.69) is 20.8 Å². The molecular weight excluding hydrogens is 493 g/mol. The molecule has 8 nitrogen and oxygen atoms in total. The number of esters is 1. The molecule has 0 saturated heterocycles. The Balaban J connectivity index is 1.44. The molecule has 1 heterocycles. The second-order valence-electron chi connectivity index (χ2n) is 8.06. The predicted molar refractivity (Wildman–Crippen MR) is 142 cm³/mol. The summed E-state index contributed by atoms with van der Waals surface area (Å²) in [7, 11) is 0. The summed E-state index contributed by atoms with van der Waals surface area (Å²) >= 11 is 1.26. The number of hydrogen-bond donors (Lipinski definition) is 2. The van der Waals surface area contributed by atoms with Crippen LogP contribution in [0.5, 0.6) is 0 Å². The molecule has 0 spiro atoms. The lowest BCUT2D eigenvalue weighted by atomic mass is 10.2. The van der Waals surface area contributed by atoms with Gasteiger partial charge in [0.1, 0.15) is 5.82 Å². The Labute approximate surface area is 218 Å². The minimum Gasteiger partial charge on any atom is -0.462 e. The first-order chi connectivity index (χ1) is 17.9. The third-order valence-electron chi connectivity index (χ3n) is 5.30. The maximum atomic E-state index is 13.2. The monoisotopic (exact) mass is 519 g/mol. The van der Waals surface area contributed by atoms with Crippen molar-refractivity contribution in [2.45, 2.75) is 25.5 Å². The van der Waals surface area contributed by atoms with Gasteiger partial charge in [-0.1, -0.05) is 29.5 Å². The van der Waals surface area contributed by atoms with Crippen molar-refractivity contribution >= 4 is 35.0 Å². The molecule has 4 rings (SSSR count). The number of benzene rings is 3. The number of aromatic nitrogens is 3. The number of carbonyl (C=O) groups excluding carboxylic acids is 2. The molecule has 1 aromatic heterocycles. The molecule has 37 heavy (non-hydrogen) atoms. The second-order valence-corrected chi connectivity index (χ2v) is 9.01. The van der Waals surface area contributed by atoms with Crippen LogP contribution in [0.25, 0.3) is 5.69 Å². The normalized spacial score (nSPS) is 10.7. The van der Waals surface area contributed by atoms with Crippen molar-refractivity contribution in [3.63, 3.8) is 0 Å². The van der Waals surface area contributed by atoms with E-state index in [0.717, 1.165) is 16.9 Å². The molecule has 0 saturated carbocycles. The van der Waals surface area contributed by atoms with E-state index < -0.39 is 5.97 Å². The Morgan fingerprint density at radius 3 is 2.30 bits per heavy atom. The Kier molecular flexibility index (Phi) is 8.52. The van der Waals surface area contributed by atoms with Crippen molar-refractivity contribution in [1.82, 2.24) is 14.8 Å². The highest BCUT2D eigenvalue weighted by Crippen LogP contribution is 2.24. The van der Waals surface area contributed by atoms with Gasteiger partial charge in [0, 0.05) is 17.1 Å².